The number of hydrogen-bond donors (Lipinski definition) is 4. The highest BCUT2D eigenvalue weighted by molar-refractivity contribution is 5.95. The van der Waals surface area contributed by atoms with Crippen LogP contribution in [0.4, 0.5) is 22.2 Å². The van der Waals surface area contributed by atoms with Crippen LogP contribution in [0.2, 0.25) is 0 Å². The summed E-state index contributed by atoms with van der Waals surface area (Å²) >= 11 is 0. The summed E-state index contributed by atoms with van der Waals surface area (Å²) in [4.78, 5) is 44.1. The summed E-state index contributed by atoms with van der Waals surface area (Å²) in [6.45, 7) is 2.69. The summed E-state index contributed by atoms with van der Waals surface area (Å²) < 4.78 is 2.24. The number of piperidine rings is 1. The van der Waals surface area contributed by atoms with Crippen LogP contribution in [0.5, 0.6) is 0 Å². The molecule has 14 heteroatoms. The van der Waals surface area contributed by atoms with E-state index in [1.165, 1.54) is 19.8 Å². The summed E-state index contributed by atoms with van der Waals surface area (Å²) in [6.07, 6.45) is 11.7. The number of anilines is 3. The summed E-state index contributed by atoms with van der Waals surface area (Å²) in [5.41, 5.74) is 8.97. The molecule has 1 aliphatic heterocycles. The fraction of sp³-hybridized carbons (Fsp3) is 0.567. The Morgan fingerprint density at radius 3 is 2.20 bits per heavy atom. The monoisotopic (exact) mass is 647 g/mol. The number of nitrogens with zero attached hydrogens (tertiary/aromatic N) is 5. The molecule has 0 spiro atoms. The Morgan fingerprint density at radius 2 is 1.55 bits per heavy atom. The zero-order valence-corrected chi connectivity index (χ0v) is 26.7. The topological polar surface area (TPSA) is 152 Å². The normalized spacial score (nSPS) is 21.2. The number of Topliss-reactive ketones (excluding diaryl/α,β-unsaturated/α-hetero) is 1. The lowest BCUT2D eigenvalue weighted by atomic mass is 9.92. The first kappa shape index (κ1) is 33.7. The predicted molar refractivity (Wildman–Crippen MR) is 176 cm³/mol. The Hall–Kier alpha value is -3.19. The number of ketones is 1. The summed E-state index contributed by atoms with van der Waals surface area (Å²) in [5, 5.41) is 11.6. The molecule has 3 aromatic rings. The molecule has 44 heavy (non-hydrogen) atoms. The zero-order valence-electron chi connectivity index (χ0n) is 25.0. The highest BCUT2D eigenvalue weighted by Gasteiger charge is 2.27. The van der Waals surface area contributed by atoms with E-state index in [1.807, 2.05) is 6.33 Å². The van der Waals surface area contributed by atoms with Gasteiger partial charge in [0.25, 0.3) is 0 Å². The van der Waals surface area contributed by atoms with Gasteiger partial charge >= 0.3 is 6.09 Å². The smallest absolute Gasteiger partial charge is 0.365 e. The van der Waals surface area contributed by atoms with Crippen LogP contribution in [-0.4, -0.2) is 67.7 Å². The molecule has 3 heterocycles. The van der Waals surface area contributed by atoms with Gasteiger partial charge in [-0.25, -0.2) is 9.78 Å². The number of hydroxylamine groups is 2. The number of hydrogen-bond acceptors (Lipinski definition) is 10. The van der Waals surface area contributed by atoms with Crippen molar-refractivity contribution in [3.63, 3.8) is 0 Å². The number of carbonyl (C=O) groups excluding carboxylic acids is 2. The fourth-order valence-corrected chi connectivity index (χ4v) is 6.31. The molecule has 0 atom stereocenters. The second-order valence-corrected chi connectivity index (χ2v) is 11.9. The minimum atomic E-state index is -0.550. The van der Waals surface area contributed by atoms with Gasteiger partial charge in [0.1, 0.15) is 0 Å². The van der Waals surface area contributed by atoms with Crippen molar-refractivity contribution in [2.24, 2.45) is 5.73 Å². The van der Waals surface area contributed by atoms with E-state index in [4.69, 9.17) is 25.5 Å². The average Bonchev–Trinajstić information content (AvgIpc) is 3.66. The number of nitrogens with one attached hydrogen (secondary N) is 3. The average molecular weight is 649 g/mol. The lowest BCUT2D eigenvalue weighted by Crippen LogP contribution is -2.41. The molecular weight excluding hydrogens is 605 g/mol. The second-order valence-electron chi connectivity index (χ2n) is 11.9. The van der Waals surface area contributed by atoms with Crippen LogP contribution in [0, 0.1) is 0 Å². The molecular formula is C30H43Cl2N9O3. The van der Waals surface area contributed by atoms with Gasteiger partial charge in [-0.15, -0.1) is 29.9 Å². The molecule has 1 aromatic carbocycles. The van der Waals surface area contributed by atoms with E-state index in [0.29, 0.717) is 42.4 Å². The molecule has 3 fully saturated rings. The first-order valence-corrected chi connectivity index (χ1v) is 15.3. The van der Waals surface area contributed by atoms with Gasteiger partial charge in [-0.05, 0) is 82.6 Å². The van der Waals surface area contributed by atoms with Gasteiger partial charge in [-0.3, -0.25) is 10.1 Å². The van der Waals surface area contributed by atoms with Crippen LogP contribution in [0.15, 0.2) is 30.6 Å². The molecule has 2 aliphatic carbocycles. The number of benzene rings is 1. The van der Waals surface area contributed by atoms with E-state index in [9.17, 15) is 9.59 Å². The van der Waals surface area contributed by atoms with Gasteiger partial charge < -0.3 is 25.8 Å². The van der Waals surface area contributed by atoms with E-state index < -0.39 is 6.09 Å². The predicted octanol–water partition coefficient (Wildman–Crippen LogP) is 5.71. The third-order valence-corrected chi connectivity index (χ3v) is 8.79. The van der Waals surface area contributed by atoms with Crippen molar-refractivity contribution in [3.05, 3.63) is 36.2 Å². The quantitative estimate of drug-likeness (QED) is 0.224. The third-order valence-electron chi connectivity index (χ3n) is 8.79. The Labute approximate surface area is 270 Å². The van der Waals surface area contributed by atoms with Crippen LogP contribution in [0.25, 0.3) is 11.2 Å². The van der Waals surface area contributed by atoms with E-state index in [1.54, 1.807) is 29.3 Å². The number of fused-ring (bicyclic) bond motifs is 1. The first-order chi connectivity index (χ1) is 20.4. The van der Waals surface area contributed by atoms with Crippen LogP contribution in [-0.2, 0) is 4.84 Å². The number of imidazole rings is 1. The van der Waals surface area contributed by atoms with Crippen molar-refractivity contribution in [3.8, 4) is 0 Å². The van der Waals surface area contributed by atoms with Gasteiger partial charge in [0.05, 0.1) is 6.33 Å². The molecule has 0 unspecified atom stereocenters. The second kappa shape index (κ2) is 15.2. The number of carbonyl (C=O) groups is 2. The van der Waals surface area contributed by atoms with Crippen LogP contribution in [0.3, 0.4) is 0 Å². The number of rotatable bonds is 8. The number of amides is 1. The van der Waals surface area contributed by atoms with Gasteiger partial charge in [0.2, 0.25) is 5.95 Å². The number of nitrogens with two attached hydrogens (primary N) is 1. The van der Waals surface area contributed by atoms with Crippen molar-refractivity contribution >= 4 is 65.3 Å². The summed E-state index contributed by atoms with van der Waals surface area (Å²) in [7, 11) is 0. The maximum atomic E-state index is 12.4. The maximum Gasteiger partial charge on any atom is 0.430 e. The van der Waals surface area contributed by atoms with Gasteiger partial charge in [-0.1, -0.05) is 12.8 Å². The van der Waals surface area contributed by atoms with Gasteiger partial charge in [-0.2, -0.15) is 9.97 Å². The SMILES string of the molecule is CC(=O)c1ccc(NC(=O)ON2CCC(Nc3nc(N[C@H]4CC[C@H](N)CC4)nc4c3ncn4C3CCCC3)CC2)cc1.Cl.Cl. The lowest BCUT2D eigenvalue weighted by molar-refractivity contribution is -0.106. The highest BCUT2D eigenvalue weighted by atomic mass is 35.5. The van der Waals surface area contributed by atoms with Crippen LogP contribution in [0.1, 0.15) is 87.5 Å². The molecule has 240 valence electrons. The lowest BCUT2D eigenvalue weighted by Gasteiger charge is -2.31. The van der Waals surface area contributed by atoms with Crippen molar-refractivity contribution in [1.82, 2.24) is 24.6 Å². The summed E-state index contributed by atoms with van der Waals surface area (Å²) in [5.74, 6) is 1.37. The molecule has 1 amide bonds. The van der Waals surface area contributed by atoms with Crippen molar-refractivity contribution in [2.45, 2.75) is 95.3 Å². The van der Waals surface area contributed by atoms with Gasteiger partial charge in [0, 0.05) is 48.5 Å². The minimum Gasteiger partial charge on any atom is -0.365 e. The fourth-order valence-electron chi connectivity index (χ4n) is 6.31. The van der Waals surface area contributed by atoms with E-state index in [2.05, 4.69) is 20.5 Å². The molecule has 5 N–H and O–H groups in total. The van der Waals surface area contributed by atoms with Crippen molar-refractivity contribution in [1.29, 1.82) is 0 Å². The molecule has 2 aromatic heterocycles. The largest absolute Gasteiger partial charge is 0.430 e. The Kier molecular flexibility index (Phi) is 11.6. The molecule has 0 radical (unpaired) electrons. The van der Waals surface area contributed by atoms with Crippen molar-refractivity contribution < 1.29 is 14.4 Å². The number of aromatic nitrogens is 4. The molecule has 6 rings (SSSR count). The molecule has 0 bridgehead atoms. The maximum absolute atomic E-state index is 12.4. The Morgan fingerprint density at radius 1 is 0.886 bits per heavy atom. The molecule has 1 saturated heterocycles. The van der Waals surface area contributed by atoms with Crippen molar-refractivity contribution in [2.75, 3.05) is 29.0 Å². The minimum absolute atomic E-state index is 0. The zero-order chi connectivity index (χ0) is 29.1. The Bertz CT molecular complexity index is 1400. The molecule has 2 saturated carbocycles. The molecule has 12 nitrogen and oxygen atoms in total. The van der Waals surface area contributed by atoms with Crippen LogP contribution >= 0.6 is 24.8 Å². The van der Waals surface area contributed by atoms with E-state index in [0.717, 1.165) is 68.3 Å². The number of halogens is 2. The van der Waals surface area contributed by atoms with E-state index in [-0.39, 0.29) is 42.7 Å². The first-order valence-electron chi connectivity index (χ1n) is 15.3. The van der Waals surface area contributed by atoms with Crippen LogP contribution < -0.4 is 21.7 Å². The Balaban J connectivity index is 0.00000221. The van der Waals surface area contributed by atoms with E-state index >= 15 is 0 Å². The summed E-state index contributed by atoms with van der Waals surface area (Å²) in [6, 6.07) is 7.93. The van der Waals surface area contributed by atoms with Gasteiger partial charge in [0.15, 0.2) is 22.8 Å². The highest BCUT2D eigenvalue weighted by Crippen LogP contribution is 2.34. The standard InChI is InChI=1S/C30H41N9O3.2ClH/c1-19(40)20-6-10-23(11-7-20)35-30(41)42-38-16-14-24(15-17-38)33-27-26-28(39(18-32-26)25-4-2-3-5-25)37-29(36-27)34-22-12-8-21(31)9-13-22;;/h6-7,10-11,18,21-22,24-25H,2-5,8-9,12-17,31H2,1H3,(H,35,41)(H2,33,34,36,37);2*1H/t21-,22-;;. The third kappa shape index (κ3) is 8.09. The molecule has 3 aliphatic rings.